The molecule has 1 aromatic carbocycles. The first kappa shape index (κ1) is 9.86. The van der Waals surface area contributed by atoms with Gasteiger partial charge in [-0.05, 0) is 37.3 Å². The van der Waals surface area contributed by atoms with Gasteiger partial charge < -0.3 is 5.73 Å². The Bertz CT molecular complexity index is 528. The molecule has 0 unspecified atom stereocenters. The van der Waals surface area contributed by atoms with E-state index in [1.807, 2.05) is 42.0 Å². The van der Waals surface area contributed by atoms with Crippen molar-refractivity contribution < 1.29 is 0 Å². The van der Waals surface area contributed by atoms with Crippen LogP contribution in [0.3, 0.4) is 0 Å². The molecule has 0 amide bonds. The van der Waals surface area contributed by atoms with Gasteiger partial charge in [0.05, 0.1) is 0 Å². The van der Waals surface area contributed by atoms with Crippen LogP contribution in [0.1, 0.15) is 5.56 Å². The van der Waals surface area contributed by atoms with Crippen LogP contribution in [0.5, 0.6) is 0 Å². The largest absolute Gasteiger partial charge is 0.384 e. The summed E-state index contributed by atoms with van der Waals surface area (Å²) in [5.41, 5.74) is 7.75. The van der Waals surface area contributed by atoms with Crippen LogP contribution >= 0.6 is 12.2 Å². The van der Waals surface area contributed by atoms with E-state index in [1.54, 1.807) is 6.07 Å². The van der Waals surface area contributed by atoms with Gasteiger partial charge in [0.15, 0.2) is 0 Å². The van der Waals surface area contributed by atoms with Crippen LogP contribution in [-0.4, -0.2) is 9.55 Å². The Morgan fingerprint density at radius 3 is 2.47 bits per heavy atom. The predicted octanol–water partition coefficient (Wildman–Crippen LogP) is 2.49. The Balaban J connectivity index is 2.55. The summed E-state index contributed by atoms with van der Waals surface area (Å²) in [6.07, 6.45) is 1.83. The summed E-state index contributed by atoms with van der Waals surface area (Å²) in [5.74, 6) is 0.448. The van der Waals surface area contributed by atoms with E-state index >= 15 is 0 Å². The fourth-order valence-electron chi connectivity index (χ4n) is 1.32. The second-order valence-electron chi connectivity index (χ2n) is 3.34. The normalized spacial score (nSPS) is 10.2. The predicted molar refractivity (Wildman–Crippen MR) is 63.5 cm³/mol. The van der Waals surface area contributed by atoms with Gasteiger partial charge in [-0.25, -0.2) is 4.98 Å². The van der Waals surface area contributed by atoms with Gasteiger partial charge in [0.25, 0.3) is 0 Å². The van der Waals surface area contributed by atoms with Crippen LogP contribution in [0.2, 0.25) is 0 Å². The molecule has 0 aliphatic heterocycles. The average Bonchev–Trinajstić information content (AvgIpc) is 2.20. The lowest BCUT2D eigenvalue weighted by Crippen LogP contribution is -2.01. The maximum Gasteiger partial charge on any atom is 0.206 e. The molecule has 2 N–H and O–H groups in total. The minimum atomic E-state index is 0.448. The van der Waals surface area contributed by atoms with Crippen LogP contribution in [0.15, 0.2) is 36.5 Å². The number of hydrogen-bond acceptors (Lipinski definition) is 3. The standard InChI is InChI=1S/C11H11N3S/c1-8-2-4-9(5-3-8)14-7-6-10(12)13-11(14)15/h2-7H,1H3,(H2,12,13,15). The number of aromatic nitrogens is 2. The van der Waals surface area contributed by atoms with Gasteiger partial charge in [0, 0.05) is 11.9 Å². The molecule has 0 bridgehead atoms. The fourth-order valence-corrected chi connectivity index (χ4v) is 1.59. The third-order valence-corrected chi connectivity index (χ3v) is 2.43. The highest BCUT2D eigenvalue weighted by atomic mass is 32.1. The van der Waals surface area contributed by atoms with Crippen molar-refractivity contribution >= 4 is 18.0 Å². The fraction of sp³-hybridized carbons (Fsp3) is 0.0909. The van der Waals surface area contributed by atoms with Gasteiger partial charge in [0.2, 0.25) is 4.77 Å². The van der Waals surface area contributed by atoms with Gasteiger partial charge in [-0.3, -0.25) is 4.57 Å². The first-order chi connectivity index (χ1) is 7.16. The second-order valence-corrected chi connectivity index (χ2v) is 3.71. The minimum Gasteiger partial charge on any atom is -0.384 e. The van der Waals surface area contributed by atoms with Crippen LogP contribution in [0.25, 0.3) is 5.69 Å². The van der Waals surface area contributed by atoms with Crippen molar-refractivity contribution in [3.63, 3.8) is 0 Å². The molecule has 0 atom stereocenters. The van der Waals surface area contributed by atoms with Gasteiger partial charge in [-0.2, -0.15) is 0 Å². The Hall–Kier alpha value is -1.68. The van der Waals surface area contributed by atoms with Crippen LogP contribution in [0, 0.1) is 11.7 Å². The van der Waals surface area contributed by atoms with Crippen molar-refractivity contribution in [2.75, 3.05) is 5.73 Å². The van der Waals surface area contributed by atoms with E-state index in [1.165, 1.54) is 5.56 Å². The number of anilines is 1. The number of hydrogen-bond donors (Lipinski definition) is 1. The number of nitrogens with two attached hydrogens (primary N) is 1. The quantitative estimate of drug-likeness (QED) is 0.746. The number of aryl methyl sites for hydroxylation is 1. The van der Waals surface area contributed by atoms with Crippen LogP contribution in [-0.2, 0) is 0 Å². The van der Waals surface area contributed by atoms with E-state index in [4.69, 9.17) is 18.0 Å². The highest BCUT2D eigenvalue weighted by Crippen LogP contribution is 2.10. The smallest absolute Gasteiger partial charge is 0.206 e. The Morgan fingerprint density at radius 2 is 1.87 bits per heavy atom. The molecule has 2 rings (SSSR count). The zero-order chi connectivity index (χ0) is 10.8. The van der Waals surface area contributed by atoms with Crippen molar-refractivity contribution in [1.29, 1.82) is 0 Å². The minimum absolute atomic E-state index is 0.448. The monoisotopic (exact) mass is 217 g/mol. The Morgan fingerprint density at radius 1 is 1.20 bits per heavy atom. The topological polar surface area (TPSA) is 43.8 Å². The maximum absolute atomic E-state index is 5.54. The molecule has 0 aliphatic rings. The van der Waals surface area contributed by atoms with Crippen molar-refractivity contribution in [3.05, 3.63) is 46.9 Å². The van der Waals surface area contributed by atoms with Crippen molar-refractivity contribution in [1.82, 2.24) is 9.55 Å². The second kappa shape index (κ2) is 3.82. The molecule has 0 radical (unpaired) electrons. The SMILES string of the molecule is Cc1ccc(-n2ccc(N)nc2=S)cc1. The summed E-state index contributed by atoms with van der Waals surface area (Å²) in [5, 5.41) is 0. The molecule has 0 spiro atoms. The molecule has 0 aliphatic carbocycles. The van der Waals surface area contributed by atoms with E-state index in [-0.39, 0.29) is 0 Å². The summed E-state index contributed by atoms with van der Waals surface area (Å²) in [6.45, 7) is 2.05. The van der Waals surface area contributed by atoms with Gasteiger partial charge in [-0.1, -0.05) is 17.7 Å². The molecular weight excluding hydrogens is 206 g/mol. The lowest BCUT2D eigenvalue weighted by atomic mass is 10.2. The van der Waals surface area contributed by atoms with Gasteiger partial charge in [0.1, 0.15) is 5.82 Å². The third-order valence-electron chi connectivity index (χ3n) is 2.14. The lowest BCUT2D eigenvalue weighted by molar-refractivity contribution is 0.961. The third kappa shape index (κ3) is 2.05. The number of nitrogens with zero attached hydrogens (tertiary/aromatic N) is 2. The summed E-state index contributed by atoms with van der Waals surface area (Å²) < 4.78 is 2.30. The molecule has 15 heavy (non-hydrogen) atoms. The van der Waals surface area contributed by atoms with E-state index < -0.39 is 0 Å². The number of nitrogen functional groups attached to an aromatic ring is 1. The molecule has 0 saturated heterocycles. The molecule has 1 aromatic heterocycles. The lowest BCUT2D eigenvalue weighted by Gasteiger charge is -2.06. The molecular formula is C11H11N3S. The number of rotatable bonds is 1. The van der Waals surface area contributed by atoms with E-state index in [9.17, 15) is 0 Å². The zero-order valence-corrected chi connectivity index (χ0v) is 9.16. The number of benzene rings is 1. The van der Waals surface area contributed by atoms with Crippen LogP contribution < -0.4 is 5.73 Å². The van der Waals surface area contributed by atoms with E-state index in [0.29, 0.717) is 10.6 Å². The first-order valence-electron chi connectivity index (χ1n) is 4.59. The molecule has 1 heterocycles. The first-order valence-corrected chi connectivity index (χ1v) is 5.00. The highest BCUT2D eigenvalue weighted by Gasteiger charge is 1.97. The summed E-state index contributed by atoms with van der Waals surface area (Å²) in [6, 6.07) is 9.81. The molecule has 0 fully saturated rings. The van der Waals surface area contributed by atoms with E-state index in [2.05, 4.69) is 4.98 Å². The summed E-state index contributed by atoms with van der Waals surface area (Å²) in [4.78, 5) is 4.03. The highest BCUT2D eigenvalue weighted by molar-refractivity contribution is 7.71. The zero-order valence-electron chi connectivity index (χ0n) is 8.34. The Labute approximate surface area is 93.2 Å². The molecule has 0 saturated carbocycles. The van der Waals surface area contributed by atoms with Crippen molar-refractivity contribution in [2.24, 2.45) is 0 Å². The average molecular weight is 217 g/mol. The van der Waals surface area contributed by atoms with E-state index in [0.717, 1.165) is 5.69 Å². The Kier molecular flexibility index (Phi) is 2.51. The van der Waals surface area contributed by atoms with Gasteiger partial charge >= 0.3 is 0 Å². The summed E-state index contributed by atoms with van der Waals surface area (Å²) in [7, 11) is 0. The molecule has 76 valence electrons. The molecule has 4 heteroatoms. The van der Waals surface area contributed by atoms with Crippen molar-refractivity contribution in [3.8, 4) is 5.69 Å². The van der Waals surface area contributed by atoms with Crippen molar-refractivity contribution in [2.45, 2.75) is 6.92 Å². The summed E-state index contributed by atoms with van der Waals surface area (Å²) >= 11 is 5.13. The van der Waals surface area contributed by atoms with Gasteiger partial charge in [-0.15, -0.1) is 0 Å². The molecule has 2 aromatic rings. The maximum atomic E-state index is 5.54. The molecule has 3 nitrogen and oxygen atoms in total. The van der Waals surface area contributed by atoms with Crippen LogP contribution in [0.4, 0.5) is 5.82 Å².